The van der Waals surface area contributed by atoms with Gasteiger partial charge in [-0.1, -0.05) is 12.1 Å². The Kier molecular flexibility index (Phi) is 6.04. The summed E-state index contributed by atoms with van der Waals surface area (Å²) in [6.45, 7) is 4.60. The predicted octanol–water partition coefficient (Wildman–Crippen LogP) is 1.90. The van der Waals surface area contributed by atoms with Crippen LogP contribution in [-0.4, -0.2) is 47.6 Å². The zero-order valence-electron chi connectivity index (χ0n) is 13.2. The smallest absolute Gasteiger partial charge is 0.307 e. The minimum atomic E-state index is -0.544. The molecule has 0 aliphatic carbocycles. The van der Waals surface area contributed by atoms with Gasteiger partial charge in [-0.2, -0.15) is 0 Å². The number of carbonyl (C=O) groups excluding carboxylic acids is 3. The monoisotopic (exact) mass is 336 g/mol. The first-order chi connectivity index (χ1) is 11.0. The lowest BCUT2D eigenvalue weighted by molar-refractivity contribution is -0.152. The van der Waals surface area contributed by atoms with E-state index in [-0.39, 0.29) is 24.8 Å². The number of esters is 1. The van der Waals surface area contributed by atoms with Crippen molar-refractivity contribution in [2.24, 2.45) is 0 Å². The van der Waals surface area contributed by atoms with Gasteiger partial charge in [0.1, 0.15) is 0 Å². The van der Waals surface area contributed by atoms with Crippen LogP contribution in [-0.2, 0) is 19.1 Å². The van der Waals surface area contributed by atoms with E-state index in [2.05, 4.69) is 5.32 Å². The van der Waals surface area contributed by atoms with Gasteiger partial charge in [0.15, 0.2) is 6.61 Å². The van der Waals surface area contributed by atoms with Gasteiger partial charge >= 0.3 is 5.97 Å². The van der Waals surface area contributed by atoms with Crippen LogP contribution >= 0.6 is 11.8 Å². The van der Waals surface area contributed by atoms with Gasteiger partial charge in [-0.3, -0.25) is 14.4 Å². The van der Waals surface area contributed by atoms with Crippen LogP contribution in [0, 0.1) is 0 Å². The van der Waals surface area contributed by atoms with E-state index in [0.717, 1.165) is 10.6 Å². The Morgan fingerprint density at radius 2 is 1.96 bits per heavy atom. The molecular weight excluding hydrogens is 316 g/mol. The van der Waals surface area contributed by atoms with Crippen LogP contribution in [0.2, 0.25) is 0 Å². The Morgan fingerprint density at radius 3 is 2.65 bits per heavy atom. The number of carbonyl (C=O) groups is 3. The van der Waals surface area contributed by atoms with Crippen LogP contribution in [0.4, 0.5) is 5.69 Å². The summed E-state index contributed by atoms with van der Waals surface area (Å²) in [6.07, 6.45) is -0.0592. The number of thioether (sulfide) groups is 1. The number of benzene rings is 1. The van der Waals surface area contributed by atoms with E-state index < -0.39 is 11.2 Å². The van der Waals surface area contributed by atoms with Crippen molar-refractivity contribution < 1.29 is 19.1 Å². The van der Waals surface area contributed by atoms with Crippen LogP contribution in [0.15, 0.2) is 29.2 Å². The van der Waals surface area contributed by atoms with Crippen molar-refractivity contribution in [1.82, 2.24) is 4.90 Å². The SMILES string of the molecule is CCN(CC)C(=O)COC(=O)C[C@@H]1Sc2ccccc2NC1=O. The molecule has 2 amide bonds. The second-order valence-corrected chi connectivity index (χ2v) is 6.27. The number of fused-ring (bicyclic) bond motifs is 1. The Morgan fingerprint density at radius 1 is 1.26 bits per heavy atom. The fraction of sp³-hybridized carbons (Fsp3) is 0.438. The summed E-state index contributed by atoms with van der Waals surface area (Å²) in [5.74, 6) is -0.993. The van der Waals surface area contributed by atoms with Gasteiger partial charge in [-0.05, 0) is 26.0 Å². The van der Waals surface area contributed by atoms with Crippen molar-refractivity contribution in [3.63, 3.8) is 0 Å². The summed E-state index contributed by atoms with van der Waals surface area (Å²) < 4.78 is 5.00. The van der Waals surface area contributed by atoms with Gasteiger partial charge in [0, 0.05) is 18.0 Å². The third-order valence-electron chi connectivity index (χ3n) is 3.53. The van der Waals surface area contributed by atoms with Crippen LogP contribution < -0.4 is 5.32 Å². The molecule has 2 rings (SSSR count). The molecule has 7 heteroatoms. The summed E-state index contributed by atoms with van der Waals surface area (Å²) in [4.78, 5) is 38.2. The number of likely N-dealkylation sites (N-methyl/N-ethyl adjacent to an activating group) is 1. The van der Waals surface area contributed by atoms with E-state index in [1.54, 1.807) is 4.90 Å². The normalized spacial score (nSPS) is 16.3. The molecule has 1 aliphatic heterocycles. The van der Waals surface area contributed by atoms with E-state index >= 15 is 0 Å². The Balaban J connectivity index is 1.86. The highest BCUT2D eigenvalue weighted by Crippen LogP contribution is 2.36. The molecule has 1 heterocycles. The highest BCUT2D eigenvalue weighted by atomic mass is 32.2. The van der Waals surface area contributed by atoms with Crippen molar-refractivity contribution in [3.8, 4) is 0 Å². The molecule has 0 fully saturated rings. The van der Waals surface area contributed by atoms with Crippen LogP contribution in [0.25, 0.3) is 0 Å². The zero-order chi connectivity index (χ0) is 16.8. The number of para-hydroxylation sites is 1. The molecule has 1 N–H and O–H groups in total. The minimum Gasteiger partial charge on any atom is -0.456 e. The number of hydrogen-bond donors (Lipinski definition) is 1. The Labute approximate surface area is 139 Å². The molecule has 23 heavy (non-hydrogen) atoms. The molecule has 1 atom stereocenters. The van der Waals surface area contributed by atoms with E-state index in [0.29, 0.717) is 13.1 Å². The highest BCUT2D eigenvalue weighted by molar-refractivity contribution is 8.01. The predicted molar refractivity (Wildman–Crippen MR) is 88.2 cm³/mol. The van der Waals surface area contributed by atoms with Crippen molar-refractivity contribution in [1.29, 1.82) is 0 Å². The number of ether oxygens (including phenoxy) is 1. The topological polar surface area (TPSA) is 75.7 Å². The van der Waals surface area contributed by atoms with Gasteiger partial charge in [0.2, 0.25) is 5.91 Å². The Bertz CT molecular complexity index is 601. The summed E-state index contributed by atoms with van der Waals surface area (Å²) >= 11 is 1.33. The van der Waals surface area contributed by atoms with E-state index in [4.69, 9.17) is 4.74 Å². The molecule has 0 radical (unpaired) electrons. The van der Waals surface area contributed by atoms with Crippen molar-refractivity contribution >= 4 is 35.2 Å². The molecule has 0 bridgehead atoms. The molecule has 1 aliphatic rings. The molecule has 0 spiro atoms. The highest BCUT2D eigenvalue weighted by Gasteiger charge is 2.29. The summed E-state index contributed by atoms with van der Waals surface area (Å²) in [6, 6.07) is 7.42. The van der Waals surface area contributed by atoms with Crippen molar-refractivity contribution in [2.45, 2.75) is 30.4 Å². The second kappa shape index (κ2) is 8.01. The first-order valence-electron chi connectivity index (χ1n) is 7.55. The number of nitrogens with zero attached hydrogens (tertiary/aromatic N) is 1. The first kappa shape index (κ1) is 17.3. The van der Waals surface area contributed by atoms with E-state index in [1.807, 2.05) is 38.1 Å². The van der Waals surface area contributed by atoms with Gasteiger partial charge < -0.3 is 15.0 Å². The summed E-state index contributed by atoms with van der Waals surface area (Å²) in [5.41, 5.74) is 0.754. The summed E-state index contributed by atoms with van der Waals surface area (Å²) in [7, 11) is 0. The largest absolute Gasteiger partial charge is 0.456 e. The lowest BCUT2D eigenvalue weighted by Gasteiger charge is -2.23. The van der Waals surface area contributed by atoms with Gasteiger partial charge in [-0.25, -0.2) is 0 Å². The lowest BCUT2D eigenvalue weighted by Crippen LogP contribution is -2.35. The average molecular weight is 336 g/mol. The van der Waals surface area contributed by atoms with E-state index in [1.165, 1.54) is 11.8 Å². The maximum atomic E-state index is 12.0. The molecule has 0 aromatic heterocycles. The molecular formula is C16H20N2O4S. The fourth-order valence-corrected chi connectivity index (χ4v) is 3.34. The zero-order valence-corrected chi connectivity index (χ0v) is 14.0. The minimum absolute atomic E-state index is 0.0592. The standard InChI is InChI=1S/C16H20N2O4S/c1-3-18(4-2)14(19)10-22-15(20)9-13-16(21)17-11-7-5-6-8-12(11)23-13/h5-8,13H,3-4,9-10H2,1-2H3,(H,17,21)/t13-/m0/s1. The lowest BCUT2D eigenvalue weighted by atomic mass is 10.2. The molecule has 0 saturated carbocycles. The third kappa shape index (κ3) is 4.48. The molecule has 0 unspecified atom stereocenters. The van der Waals surface area contributed by atoms with E-state index in [9.17, 15) is 14.4 Å². The maximum absolute atomic E-state index is 12.0. The number of amides is 2. The summed E-state index contributed by atoms with van der Waals surface area (Å²) in [5, 5.41) is 2.23. The fourth-order valence-electron chi connectivity index (χ4n) is 2.25. The molecule has 6 nitrogen and oxygen atoms in total. The molecule has 1 aromatic carbocycles. The van der Waals surface area contributed by atoms with Crippen molar-refractivity contribution in [2.75, 3.05) is 25.0 Å². The third-order valence-corrected chi connectivity index (χ3v) is 4.81. The quantitative estimate of drug-likeness (QED) is 0.803. The van der Waals surface area contributed by atoms with Crippen LogP contribution in [0.3, 0.4) is 0 Å². The number of nitrogens with one attached hydrogen (secondary N) is 1. The van der Waals surface area contributed by atoms with Gasteiger partial charge in [0.25, 0.3) is 5.91 Å². The number of rotatable bonds is 6. The van der Waals surface area contributed by atoms with Crippen LogP contribution in [0.1, 0.15) is 20.3 Å². The molecule has 124 valence electrons. The van der Waals surface area contributed by atoms with Gasteiger partial charge in [0.05, 0.1) is 17.4 Å². The maximum Gasteiger partial charge on any atom is 0.307 e. The number of anilines is 1. The van der Waals surface area contributed by atoms with Crippen molar-refractivity contribution in [3.05, 3.63) is 24.3 Å². The average Bonchev–Trinajstić information content (AvgIpc) is 2.55. The molecule has 1 aromatic rings. The second-order valence-electron chi connectivity index (χ2n) is 5.02. The first-order valence-corrected chi connectivity index (χ1v) is 8.43. The molecule has 0 saturated heterocycles. The number of hydrogen-bond acceptors (Lipinski definition) is 5. The van der Waals surface area contributed by atoms with Crippen LogP contribution in [0.5, 0.6) is 0 Å². The van der Waals surface area contributed by atoms with Gasteiger partial charge in [-0.15, -0.1) is 11.8 Å². The Hall–Kier alpha value is -2.02.